The molecule has 1 saturated heterocycles. The van der Waals surface area contributed by atoms with E-state index in [-0.39, 0.29) is 25.6 Å². The Labute approximate surface area is 58.2 Å². The van der Waals surface area contributed by atoms with Gasteiger partial charge in [-0.05, 0) is 6.42 Å². The second kappa shape index (κ2) is 2.80. The zero-order chi connectivity index (χ0) is 7.61. The van der Waals surface area contributed by atoms with Gasteiger partial charge in [0.1, 0.15) is 0 Å². The average molecular weight is 151 g/mol. The van der Waals surface area contributed by atoms with Crippen LogP contribution in [0.2, 0.25) is 0 Å². The van der Waals surface area contributed by atoms with Gasteiger partial charge in [-0.1, -0.05) is 0 Å². The molecular weight excluding hydrogens is 140 g/mol. The molecule has 1 aliphatic rings. The van der Waals surface area contributed by atoms with Gasteiger partial charge < -0.3 is 10.4 Å². The normalized spacial score (nSPS) is 32.1. The van der Waals surface area contributed by atoms with Crippen LogP contribution in [0.4, 0.5) is 8.78 Å². The van der Waals surface area contributed by atoms with E-state index in [9.17, 15) is 8.78 Å². The van der Waals surface area contributed by atoms with Crippen LogP contribution in [0.1, 0.15) is 12.8 Å². The number of aliphatic hydroxyl groups is 1. The maximum Gasteiger partial charge on any atom is 0.260 e. The number of halogens is 2. The van der Waals surface area contributed by atoms with E-state index < -0.39 is 5.92 Å². The largest absolute Gasteiger partial charge is 0.395 e. The summed E-state index contributed by atoms with van der Waals surface area (Å²) < 4.78 is 24.7. The Morgan fingerprint density at radius 3 is 2.70 bits per heavy atom. The van der Waals surface area contributed by atoms with Gasteiger partial charge in [0.25, 0.3) is 5.92 Å². The van der Waals surface area contributed by atoms with Gasteiger partial charge >= 0.3 is 0 Å². The molecule has 0 spiro atoms. The number of aliphatic hydroxyl groups excluding tert-OH is 1. The van der Waals surface area contributed by atoms with E-state index in [0.29, 0.717) is 6.42 Å². The van der Waals surface area contributed by atoms with Crippen molar-refractivity contribution in [1.29, 1.82) is 0 Å². The number of rotatable bonds is 1. The van der Waals surface area contributed by atoms with Crippen molar-refractivity contribution in [2.45, 2.75) is 24.8 Å². The summed E-state index contributed by atoms with van der Waals surface area (Å²) in [4.78, 5) is 0. The molecule has 0 amide bonds. The number of hydrogen-bond donors (Lipinski definition) is 2. The number of piperidine rings is 1. The zero-order valence-electron chi connectivity index (χ0n) is 5.61. The molecule has 0 saturated carbocycles. The molecule has 1 rings (SSSR count). The van der Waals surface area contributed by atoms with Crippen molar-refractivity contribution in [1.82, 2.24) is 5.32 Å². The third-order valence-electron chi connectivity index (χ3n) is 1.73. The summed E-state index contributed by atoms with van der Waals surface area (Å²) in [5.41, 5.74) is 0. The van der Waals surface area contributed by atoms with E-state index in [1.54, 1.807) is 0 Å². The fourth-order valence-electron chi connectivity index (χ4n) is 1.03. The van der Waals surface area contributed by atoms with E-state index in [1.165, 1.54) is 0 Å². The van der Waals surface area contributed by atoms with Crippen LogP contribution in [0.25, 0.3) is 0 Å². The van der Waals surface area contributed by atoms with E-state index in [4.69, 9.17) is 5.11 Å². The van der Waals surface area contributed by atoms with Crippen molar-refractivity contribution in [2.24, 2.45) is 0 Å². The SMILES string of the molecule is OCC1CCC(F)(F)CN1. The molecule has 0 radical (unpaired) electrons. The molecular formula is C6H11F2NO. The Balaban J connectivity index is 2.31. The van der Waals surface area contributed by atoms with E-state index in [1.807, 2.05) is 0 Å². The number of hydrogen-bond acceptors (Lipinski definition) is 2. The van der Waals surface area contributed by atoms with E-state index >= 15 is 0 Å². The predicted molar refractivity (Wildman–Crippen MR) is 33.1 cm³/mol. The van der Waals surface area contributed by atoms with Crippen LogP contribution >= 0.6 is 0 Å². The van der Waals surface area contributed by atoms with Gasteiger partial charge in [0, 0.05) is 12.5 Å². The van der Waals surface area contributed by atoms with Crippen LogP contribution in [-0.4, -0.2) is 30.2 Å². The molecule has 0 bridgehead atoms. The minimum atomic E-state index is -2.56. The minimum absolute atomic E-state index is 0.0456. The van der Waals surface area contributed by atoms with Crippen molar-refractivity contribution in [3.05, 3.63) is 0 Å². The summed E-state index contributed by atoms with van der Waals surface area (Å²) in [6.45, 7) is -0.339. The van der Waals surface area contributed by atoms with Crippen molar-refractivity contribution < 1.29 is 13.9 Å². The lowest BCUT2D eigenvalue weighted by Gasteiger charge is -2.28. The highest BCUT2D eigenvalue weighted by Crippen LogP contribution is 2.23. The maximum absolute atomic E-state index is 12.4. The quantitative estimate of drug-likeness (QED) is 0.567. The first-order valence-electron chi connectivity index (χ1n) is 3.36. The van der Waals surface area contributed by atoms with Crippen molar-refractivity contribution in [3.63, 3.8) is 0 Å². The van der Waals surface area contributed by atoms with Crippen LogP contribution < -0.4 is 5.32 Å². The van der Waals surface area contributed by atoms with Crippen LogP contribution in [0, 0.1) is 0 Å². The molecule has 1 fully saturated rings. The molecule has 0 aromatic rings. The van der Waals surface area contributed by atoms with Gasteiger partial charge in [-0.25, -0.2) is 8.78 Å². The topological polar surface area (TPSA) is 32.3 Å². The monoisotopic (exact) mass is 151 g/mol. The maximum atomic E-state index is 12.4. The van der Waals surface area contributed by atoms with Crippen molar-refractivity contribution in [2.75, 3.05) is 13.2 Å². The van der Waals surface area contributed by atoms with Gasteiger partial charge in [-0.3, -0.25) is 0 Å². The van der Waals surface area contributed by atoms with Gasteiger partial charge in [0.15, 0.2) is 0 Å². The highest BCUT2D eigenvalue weighted by Gasteiger charge is 2.34. The first kappa shape index (κ1) is 7.88. The molecule has 10 heavy (non-hydrogen) atoms. The molecule has 2 nitrogen and oxygen atoms in total. The second-order valence-electron chi connectivity index (χ2n) is 2.66. The van der Waals surface area contributed by atoms with Crippen LogP contribution in [0.5, 0.6) is 0 Å². The van der Waals surface area contributed by atoms with E-state index in [2.05, 4.69) is 5.32 Å². The zero-order valence-corrected chi connectivity index (χ0v) is 5.61. The third-order valence-corrected chi connectivity index (χ3v) is 1.73. The summed E-state index contributed by atoms with van der Waals surface area (Å²) in [7, 11) is 0. The number of nitrogens with one attached hydrogen (secondary N) is 1. The van der Waals surface area contributed by atoms with Crippen LogP contribution in [0.15, 0.2) is 0 Å². The van der Waals surface area contributed by atoms with E-state index in [0.717, 1.165) is 0 Å². The summed E-state index contributed by atoms with van der Waals surface area (Å²) >= 11 is 0. The minimum Gasteiger partial charge on any atom is -0.395 e. The third kappa shape index (κ3) is 1.88. The number of alkyl halides is 2. The molecule has 60 valence electrons. The molecule has 1 heterocycles. The molecule has 1 aliphatic heterocycles. The highest BCUT2D eigenvalue weighted by molar-refractivity contribution is 4.81. The fourth-order valence-corrected chi connectivity index (χ4v) is 1.03. The summed E-state index contributed by atoms with van der Waals surface area (Å²) in [6, 6.07) is -0.125. The molecule has 1 atom stereocenters. The smallest absolute Gasteiger partial charge is 0.260 e. The molecule has 0 aliphatic carbocycles. The second-order valence-corrected chi connectivity index (χ2v) is 2.66. The summed E-state index contributed by atoms with van der Waals surface area (Å²) in [5.74, 6) is -2.56. The van der Waals surface area contributed by atoms with Crippen LogP contribution in [-0.2, 0) is 0 Å². The predicted octanol–water partition coefficient (Wildman–Crippen LogP) is 0.366. The van der Waals surface area contributed by atoms with Crippen LogP contribution in [0.3, 0.4) is 0 Å². The fraction of sp³-hybridized carbons (Fsp3) is 1.00. The van der Waals surface area contributed by atoms with Crippen molar-refractivity contribution in [3.8, 4) is 0 Å². The Morgan fingerprint density at radius 2 is 2.30 bits per heavy atom. The standard InChI is InChI=1S/C6H11F2NO/c7-6(8)2-1-5(3-10)9-4-6/h5,9-10H,1-4H2. The first-order chi connectivity index (χ1) is 4.64. The molecule has 1 unspecified atom stereocenters. The first-order valence-corrected chi connectivity index (χ1v) is 3.36. The molecule has 0 aromatic carbocycles. The van der Waals surface area contributed by atoms with Gasteiger partial charge in [0.05, 0.1) is 13.2 Å². The Morgan fingerprint density at radius 1 is 1.60 bits per heavy atom. The Kier molecular flexibility index (Phi) is 2.21. The lowest BCUT2D eigenvalue weighted by atomic mass is 10.0. The Bertz CT molecular complexity index is 108. The van der Waals surface area contributed by atoms with Gasteiger partial charge in [-0.2, -0.15) is 0 Å². The van der Waals surface area contributed by atoms with Gasteiger partial charge in [0.2, 0.25) is 0 Å². The average Bonchev–Trinajstić information content (AvgIpc) is 1.88. The lowest BCUT2D eigenvalue weighted by Crippen LogP contribution is -2.46. The summed E-state index contributed by atoms with van der Waals surface area (Å²) in [5, 5.41) is 11.1. The van der Waals surface area contributed by atoms with Gasteiger partial charge in [-0.15, -0.1) is 0 Å². The molecule has 4 heteroatoms. The Hall–Kier alpha value is -0.220. The highest BCUT2D eigenvalue weighted by atomic mass is 19.3. The summed E-state index contributed by atoms with van der Waals surface area (Å²) in [6.07, 6.45) is 0.259. The lowest BCUT2D eigenvalue weighted by molar-refractivity contribution is -0.0344. The molecule has 0 aromatic heterocycles. The van der Waals surface area contributed by atoms with Crippen molar-refractivity contribution >= 4 is 0 Å². The molecule has 2 N–H and O–H groups in total.